The molecule has 11 heteroatoms. The first-order valence-electron chi connectivity index (χ1n) is 15.6. The van der Waals surface area contributed by atoms with Crippen molar-refractivity contribution in [3.05, 3.63) is 36.5 Å². The monoisotopic (exact) mass is 625 g/mol. The normalized spacial score (nSPS) is 40.0. The number of carbonyl (C=O) groups excluding carboxylic acids is 2. The average molecular weight is 626 g/mol. The molecule has 0 aromatic heterocycles. The van der Waals surface area contributed by atoms with Gasteiger partial charge in [0.25, 0.3) is 0 Å². The van der Waals surface area contributed by atoms with E-state index in [-0.39, 0.29) is 31.8 Å². The Bertz CT molecular complexity index is 1010. The van der Waals surface area contributed by atoms with Crippen LogP contribution in [0.3, 0.4) is 0 Å². The van der Waals surface area contributed by atoms with Crippen molar-refractivity contribution in [3.8, 4) is 0 Å². The summed E-state index contributed by atoms with van der Waals surface area (Å²) in [6.45, 7) is 14.1. The van der Waals surface area contributed by atoms with Gasteiger partial charge in [-0.3, -0.25) is 9.59 Å². The SMILES string of the molecule is C=CCO[C@@]1(C)C[C@H](C)[C@H](OC2OC(C)C(O)C(N(C)C)C2O)[C@@H](C)[C@H](O)CC(=O)O[C@H](CC)C(CO)C=C(C)C=CC1=O. The molecule has 0 radical (unpaired) electrons. The van der Waals surface area contributed by atoms with Crippen LogP contribution in [0.5, 0.6) is 0 Å². The van der Waals surface area contributed by atoms with Gasteiger partial charge in [0.2, 0.25) is 0 Å². The summed E-state index contributed by atoms with van der Waals surface area (Å²) >= 11 is 0. The Morgan fingerprint density at radius 2 is 1.80 bits per heavy atom. The number of hydrogen-bond donors (Lipinski definition) is 4. The molecule has 0 aromatic carbocycles. The summed E-state index contributed by atoms with van der Waals surface area (Å²) in [4.78, 5) is 28.4. The molecule has 0 amide bonds. The first-order chi connectivity index (χ1) is 20.6. The van der Waals surface area contributed by atoms with E-state index in [1.165, 1.54) is 6.08 Å². The maximum atomic E-state index is 13.7. The number of cyclic esters (lactones) is 1. The van der Waals surface area contributed by atoms with E-state index in [1.807, 2.05) is 13.8 Å². The van der Waals surface area contributed by atoms with Crippen LogP contribution in [-0.2, 0) is 28.5 Å². The van der Waals surface area contributed by atoms with E-state index in [4.69, 9.17) is 18.9 Å². The summed E-state index contributed by atoms with van der Waals surface area (Å²) in [5.41, 5.74) is -0.611. The predicted molar refractivity (Wildman–Crippen MR) is 165 cm³/mol. The minimum atomic E-state index is -1.31. The fourth-order valence-corrected chi connectivity index (χ4v) is 6.19. The van der Waals surface area contributed by atoms with E-state index in [0.29, 0.717) is 12.0 Å². The molecule has 2 heterocycles. The fraction of sp³-hybridized carbons (Fsp3) is 0.758. The Labute approximate surface area is 262 Å². The lowest BCUT2D eigenvalue weighted by molar-refractivity contribution is -0.304. The highest BCUT2D eigenvalue weighted by atomic mass is 16.7. The number of ether oxygens (including phenoxy) is 4. The fourth-order valence-electron chi connectivity index (χ4n) is 6.19. The van der Waals surface area contributed by atoms with Crippen molar-refractivity contribution in [3.63, 3.8) is 0 Å². The van der Waals surface area contributed by atoms with Crippen molar-refractivity contribution in [2.24, 2.45) is 17.8 Å². The number of nitrogens with zero attached hydrogens (tertiary/aromatic N) is 1. The van der Waals surface area contributed by atoms with Gasteiger partial charge < -0.3 is 44.3 Å². The number of likely N-dealkylation sites (N-methyl/N-ethyl adjacent to an activating group) is 1. The molecule has 2 aliphatic heterocycles. The molecule has 11 nitrogen and oxygen atoms in total. The second-order valence-corrected chi connectivity index (χ2v) is 12.8. The molecular formula is C33H55NO10. The molecule has 0 aliphatic carbocycles. The van der Waals surface area contributed by atoms with Crippen LogP contribution in [-0.4, -0.2) is 119 Å². The maximum absolute atomic E-state index is 13.7. The zero-order valence-electron chi connectivity index (χ0n) is 27.6. The van der Waals surface area contributed by atoms with Gasteiger partial charge in [0.15, 0.2) is 12.1 Å². The molecule has 2 aliphatic rings. The predicted octanol–water partition coefficient (Wildman–Crippen LogP) is 2.16. The van der Waals surface area contributed by atoms with Crippen molar-refractivity contribution in [2.75, 3.05) is 27.3 Å². The van der Waals surface area contributed by atoms with Crippen LogP contribution in [0.1, 0.15) is 60.8 Å². The minimum absolute atomic E-state index is 0.113. The molecule has 0 saturated carbocycles. The van der Waals surface area contributed by atoms with E-state index >= 15 is 0 Å². The molecule has 2 rings (SSSR count). The lowest BCUT2D eigenvalue weighted by atomic mass is 9.80. The number of carbonyl (C=O) groups is 2. The number of aliphatic hydroxyl groups excluding tert-OH is 4. The summed E-state index contributed by atoms with van der Waals surface area (Å²) in [5, 5.41) is 43.3. The maximum Gasteiger partial charge on any atom is 0.308 e. The van der Waals surface area contributed by atoms with Gasteiger partial charge in [0.1, 0.15) is 17.8 Å². The molecule has 0 spiro atoms. The minimum Gasteiger partial charge on any atom is -0.462 e. The number of hydrogen-bond acceptors (Lipinski definition) is 11. The Hall–Kier alpha value is -1.96. The number of allylic oxidation sites excluding steroid dienone is 2. The van der Waals surface area contributed by atoms with E-state index < -0.39 is 78.3 Å². The zero-order chi connectivity index (χ0) is 33.4. The number of ketones is 1. The Morgan fingerprint density at radius 1 is 1.14 bits per heavy atom. The van der Waals surface area contributed by atoms with Crippen LogP contribution in [0.25, 0.3) is 0 Å². The van der Waals surface area contributed by atoms with Crippen LogP contribution >= 0.6 is 0 Å². The van der Waals surface area contributed by atoms with Crippen LogP contribution in [0.4, 0.5) is 0 Å². The van der Waals surface area contributed by atoms with Crippen LogP contribution in [0.15, 0.2) is 36.5 Å². The van der Waals surface area contributed by atoms with Gasteiger partial charge in [-0.05, 0) is 59.7 Å². The average Bonchev–Trinajstić information content (AvgIpc) is 2.96. The van der Waals surface area contributed by atoms with Gasteiger partial charge in [-0.2, -0.15) is 0 Å². The third kappa shape index (κ3) is 9.77. The molecule has 1 fully saturated rings. The number of esters is 1. The Morgan fingerprint density at radius 3 is 2.36 bits per heavy atom. The topological polar surface area (TPSA) is 155 Å². The van der Waals surface area contributed by atoms with Crippen molar-refractivity contribution in [1.82, 2.24) is 4.90 Å². The molecule has 1 saturated heterocycles. The molecule has 44 heavy (non-hydrogen) atoms. The van der Waals surface area contributed by atoms with Crippen LogP contribution in [0, 0.1) is 17.8 Å². The highest BCUT2D eigenvalue weighted by molar-refractivity contribution is 5.97. The van der Waals surface area contributed by atoms with Crippen molar-refractivity contribution in [2.45, 2.75) is 115 Å². The lowest BCUT2D eigenvalue weighted by Crippen LogP contribution is -2.63. The van der Waals surface area contributed by atoms with E-state index in [1.54, 1.807) is 64.9 Å². The smallest absolute Gasteiger partial charge is 0.308 e. The summed E-state index contributed by atoms with van der Waals surface area (Å²) in [6.07, 6.45) is -0.0715. The quantitative estimate of drug-likeness (QED) is 0.232. The Balaban J connectivity index is 2.58. The molecule has 4 N–H and O–H groups in total. The first-order valence-corrected chi connectivity index (χ1v) is 15.6. The summed E-state index contributed by atoms with van der Waals surface area (Å²) < 4.78 is 24.1. The molecule has 0 bridgehead atoms. The van der Waals surface area contributed by atoms with Crippen molar-refractivity contribution < 1.29 is 49.0 Å². The van der Waals surface area contributed by atoms with Crippen LogP contribution in [0.2, 0.25) is 0 Å². The summed E-state index contributed by atoms with van der Waals surface area (Å²) in [5.74, 6) is -2.58. The van der Waals surface area contributed by atoms with E-state index in [0.717, 1.165) is 0 Å². The highest BCUT2D eigenvalue weighted by Gasteiger charge is 2.47. The lowest BCUT2D eigenvalue weighted by Gasteiger charge is -2.46. The van der Waals surface area contributed by atoms with Gasteiger partial charge in [-0.15, -0.1) is 6.58 Å². The standard InChI is InChI=1S/C33H55NO10/c1-10-14-41-33(7)17-20(4)31(44-32-30(40)28(34(8)9)29(39)22(6)42-32)21(5)24(36)16-27(38)43-25(11-2)23(18-35)15-19(3)12-13-26(33)37/h10,12-13,15,20-25,28-32,35-36,39-40H,1,11,14,16-18H2,2-9H3/t20-,21-,22?,23?,24+,25+,28?,29?,30?,31-,32?,33-/m0/s1. The molecule has 0 aromatic rings. The highest BCUT2D eigenvalue weighted by Crippen LogP contribution is 2.35. The van der Waals surface area contributed by atoms with Gasteiger partial charge in [-0.1, -0.05) is 44.6 Å². The van der Waals surface area contributed by atoms with Gasteiger partial charge in [0, 0.05) is 11.8 Å². The first kappa shape index (κ1) is 38.2. The molecule has 6 unspecified atom stereocenters. The second-order valence-electron chi connectivity index (χ2n) is 12.8. The van der Waals surface area contributed by atoms with E-state index in [2.05, 4.69) is 6.58 Å². The Kier molecular flexibility index (Phi) is 14.9. The van der Waals surface area contributed by atoms with Crippen molar-refractivity contribution in [1.29, 1.82) is 0 Å². The zero-order valence-corrected chi connectivity index (χ0v) is 27.6. The largest absolute Gasteiger partial charge is 0.462 e. The third-order valence-electron chi connectivity index (χ3n) is 8.86. The van der Waals surface area contributed by atoms with Crippen LogP contribution < -0.4 is 0 Å². The van der Waals surface area contributed by atoms with Gasteiger partial charge in [-0.25, -0.2) is 0 Å². The molecule has 12 atom stereocenters. The van der Waals surface area contributed by atoms with Crippen molar-refractivity contribution >= 4 is 11.8 Å². The number of rotatable bonds is 8. The summed E-state index contributed by atoms with van der Waals surface area (Å²) in [7, 11) is 3.48. The third-order valence-corrected chi connectivity index (χ3v) is 8.86. The summed E-state index contributed by atoms with van der Waals surface area (Å²) in [6, 6.07) is -0.685. The van der Waals surface area contributed by atoms with Gasteiger partial charge in [0.05, 0.1) is 50.1 Å². The molecular weight excluding hydrogens is 570 g/mol. The van der Waals surface area contributed by atoms with E-state index in [9.17, 15) is 30.0 Å². The second kappa shape index (κ2) is 17.1. The number of aliphatic hydroxyl groups is 4. The van der Waals surface area contributed by atoms with Gasteiger partial charge >= 0.3 is 5.97 Å². The molecule has 252 valence electrons.